The van der Waals surface area contributed by atoms with Crippen molar-refractivity contribution in [3.63, 3.8) is 0 Å². The van der Waals surface area contributed by atoms with Gasteiger partial charge in [-0.2, -0.15) is 0 Å². The van der Waals surface area contributed by atoms with Crippen LogP contribution in [0.25, 0.3) is 0 Å². The van der Waals surface area contributed by atoms with Crippen molar-refractivity contribution in [2.45, 2.75) is 18.9 Å². The number of hydrogen-bond acceptors (Lipinski definition) is 2. The topological polar surface area (TPSA) is 69.5 Å². The van der Waals surface area contributed by atoms with Crippen molar-refractivity contribution in [2.75, 3.05) is 13.1 Å². The van der Waals surface area contributed by atoms with Crippen molar-refractivity contribution in [3.05, 3.63) is 0 Å². The predicted molar refractivity (Wildman–Crippen MR) is 48.2 cm³/mol. The van der Waals surface area contributed by atoms with Crippen LogP contribution in [0.3, 0.4) is 0 Å². The zero-order valence-electron chi connectivity index (χ0n) is 5.80. The van der Waals surface area contributed by atoms with Gasteiger partial charge in [-0.15, -0.1) is 24.8 Å². The van der Waals surface area contributed by atoms with E-state index in [0.29, 0.717) is 6.04 Å². The van der Waals surface area contributed by atoms with Gasteiger partial charge in [-0.25, -0.2) is 0 Å². The summed E-state index contributed by atoms with van der Waals surface area (Å²) in [6.45, 7) is 2.17. The van der Waals surface area contributed by atoms with Gasteiger partial charge < -0.3 is 16.5 Å². The summed E-state index contributed by atoms with van der Waals surface area (Å²) in [5.41, 5.74) is 5.57. The van der Waals surface area contributed by atoms with Gasteiger partial charge in [-0.1, -0.05) is 0 Å². The Labute approximate surface area is 73.9 Å². The van der Waals surface area contributed by atoms with Gasteiger partial charge in [0.15, 0.2) is 0 Å². The average Bonchev–Trinajstić information content (AvgIpc) is 1.69. The van der Waals surface area contributed by atoms with Gasteiger partial charge in [-0.3, -0.25) is 0 Å². The summed E-state index contributed by atoms with van der Waals surface area (Å²) in [6.07, 6.45) is 2.45. The van der Waals surface area contributed by atoms with Crippen molar-refractivity contribution < 1.29 is 5.48 Å². The highest BCUT2D eigenvalue weighted by atomic mass is 35.5. The molecule has 0 aromatic heterocycles. The quantitative estimate of drug-likeness (QED) is 0.552. The molecule has 0 spiro atoms. The van der Waals surface area contributed by atoms with Crippen LogP contribution in [0.2, 0.25) is 0 Å². The first-order valence-corrected chi connectivity index (χ1v) is 2.86. The monoisotopic (exact) mass is 190 g/mol. The lowest BCUT2D eigenvalue weighted by Crippen LogP contribution is -2.39. The van der Waals surface area contributed by atoms with Crippen molar-refractivity contribution in [1.29, 1.82) is 0 Å². The van der Waals surface area contributed by atoms with E-state index in [4.69, 9.17) is 5.73 Å². The number of rotatable bonds is 0. The Balaban J connectivity index is -0.000000163. The molecule has 3 nitrogen and oxygen atoms in total. The average molecular weight is 191 g/mol. The van der Waals surface area contributed by atoms with E-state index in [2.05, 4.69) is 5.32 Å². The summed E-state index contributed by atoms with van der Waals surface area (Å²) in [4.78, 5) is 0. The highest BCUT2D eigenvalue weighted by molar-refractivity contribution is 5.85. The van der Waals surface area contributed by atoms with Gasteiger partial charge >= 0.3 is 0 Å². The SMILES string of the molecule is Cl.Cl.N[C@H]1CCCNC1.O. The molecule has 1 aliphatic rings. The molecule has 5 N–H and O–H groups in total. The molecule has 0 aromatic carbocycles. The van der Waals surface area contributed by atoms with E-state index >= 15 is 0 Å². The number of piperidine rings is 1. The van der Waals surface area contributed by atoms with E-state index < -0.39 is 0 Å². The minimum Gasteiger partial charge on any atom is -0.412 e. The lowest BCUT2D eigenvalue weighted by atomic mass is 10.1. The molecule has 1 aliphatic heterocycles. The van der Waals surface area contributed by atoms with Gasteiger partial charge in [0.05, 0.1) is 0 Å². The smallest absolute Gasteiger partial charge is 0.0165 e. The number of nitrogens with one attached hydrogen (secondary N) is 1. The molecule has 66 valence electrons. The zero-order valence-corrected chi connectivity index (χ0v) is 7.43. The molecule has 1 heterocycles. The van der Waals surface area contributed by atoms with Crippen molar-refractivity contribution >= 4 is 24.8 Å². The number of halogens is 2. The summed E-state index contributed by atoms with van der Waals surface area (Å²) < 4.78 is 0. The lowest BCUT2D eigenvalue weighted by molar-refractivity contribution is 0.459. The molecule has 10 heavy (non-hydrogen) atoms. The molecule has 1 rings (SSSR count). The second kappa shape index (κ2) is 9.46. The first-order valence-electron chi connectivity index (χ1n) is 2.86. The fourth-order valence-corrected chi connectivity index (χ4v) is 0.879. The van der Waals surface area contributed by atoms with E-state index in [0.717, 1.165) is 13.1 Å². The van der Waals surface area contributed by atoms with Crippen LogP contribution in [0.15, 0.2) is 0 Å². The van der Waals surface area contributed by atoms with Gasteiger partial charge in [0.1, 0.15) is 0 Å². The minimum absolute atomic E-state index is 0. The largest absolute Gasteiger partial charge is 0.412 e. The van der Waals surface area contributed by atoms with Crippen LogP contribution in [-0.4, -0.2) is 24.6 Å². The molecule has 0 unspecified atom stereocenters. The van der Waals surface area contributed by atoms with Gasteiger partial charge in [0.2, 0.25) is 0 Å². The Hall–Kier alpha value is 0.460. The maximum Gasteiger partial charge on any atom is 0.0165 e. The maximum atomic E-state index is 5.57. The molecule has 0 bridgehead atoms. The van der Waals surface area contributed by atoms with E-state index in [-0.39, 0.29) is 30.3 Å². The first kappa shape index (κ1) is 16.8. The fraction of sp³-hybridized carbons (Fsp3) is 1.00. The molecule has 0 aromatic rings. The van der Waals surface area contributed by atoms with E-state index in [1.165, 1.54) is 12.8 Å². The van der Waals surface area contributed by atoms with E-state index in [9.17, 15) is 0 Å². The van der Waals surface area contributed by atoms with Crippen LogP contribution in [0.4, 0.5) is 0 Å². The highest BCUT2D eigenvalue weighted by Crippen LogP contribution is 1.96. The van der Waals surface area contributed by atoms with Crippen LogP contribution in [0.5, 0.6) is 0 Å². The van der Waals surface area contributed by atoms with Crippen molar-refractivity contribution in [2.24, 2.45) is 5.73 Å². The molecule has 0 amide bonds. The summed E-state index contributed by atoms with van der Waals surface area (Å²) in [7, 11) is 0. The molecular weight excluding hydrogens is 175 g/mol. The Morgan fingerprint density at radius 2 is 1.90 bits per heavy atom. The Bertz CT molecular complexity index is 59.6. The summed E-state index contributed by atoms with van der Waals surface area (Å²) >= 11 is 0. The number of hydrogen-bond donors (Lipinski definition) is 2. The molecule has 1 saturated heterocycles. The standard InChI is InChI=1S/C5H12N2.2ClH.H2O/c6-5-2-1-3-7-4-5;;;/h5,7H,1-4,6H2;2*1H;1H2/t5-;;;/m0.../s1. The fourth-order valence-electron chi connectivity index (χ4n) is 0.879. The van der Waals surface area contributed by atoms with Crippen molar-refractivity contribution in [1.82, 2.24) is 5.32 Å². The maximum absolute atomic E-state index is 5.57. The van der Waals surface area contributed by atoms with Crippen LogP contribution in [0.1, 0.15) is 12.8 Å². The van der Waals surface area contributed by atoms with E-state index in [1.807, 2.05) is 0 Å². The normalized spacial score (nSPS) is 23.1. The first-order chi connectivity index (χ1) is 3.39. The third kappa shape index (κ3) is 6.58. The Morgan fingerprint density at radius 3 is 2.10 bits per heavy atom. The van der Waals surface area contributed by atoms with Gasteiger partial charge in [-0.05, 0) is 19.4 Å². The summed E-state index contributed by atoms with van der Waals surface area (Å²) in [5, 5.41) is 3.21. The molecule has 0 radical (unpaired) electrons. The van der Waals surface area contributed by atoms with Gasteiger partial charge in [0.25, 0.3) is 0 Å². The molecule has 1 fully saturated rings. The Kier molecular flexibility index (Phi) is 15.9. The second-order valence-corrected chi connectivity index (χ2v) is 2.11. The summed E-state index contributed by atoms with van der Waals surface area (Å²) in [6, 6.07) is 0.425. The second-order valence-electron chi connectivity index (χ2n) is 2.11. The van der Waals surface area contributed by atoms with E-state index in [1.54, 1.807) is 0 Å². The third-order valence-corrected chi connectivity index (χ3v) is 1.33. The zero-order chi connectivity index (χ0) is 5.11. The lowest BCUT2D eigenvalue weighted by Gasteiger charge is -2.17. The van der Waals surface area contributed by atoms with Crippen molar-refractivity contribution in [3.8, 4) is 0 Å². The van der Waals surface area contributed by atoms with Crippen LogP contribution < -0.4 is 11.1 Å². The summed E-state index contributed by atoms with van der Waals surface area (Å²) in [5.74, 6) is 0. The molecule has 0 saturated carbocycles. The predicted octanol–water partition coefficient (Wildman–Crippen LogP) is -0.284. The molecule has 5 heteroatoms. The highest BCUT2D eigenvalue weighted by Gasteiger charge is 2.05. The molecule has 0 aliphatic carbocycles. The molecular formula is C5H16Cl2N2O. The van der Waals surface area contributed by atoms with Crippen LogP contribution in [-0.2, 0) is 0 Å². The number of nitrogens with two attached hydrogens (primary N) is 1. The third-order valence-electron chi connectivity index (χ3n) is 1.33. The Morgan fingerprint density at radius 1 is 1.30 bits per heavy atom. The van der Waals surface area contributed by atoms with Crippen LogP contribution >= 0.6 is 24.8 Å². The van der Waals surface area contributed by atoms with Gasteiger partial charge in [0, 0.05) is 12.6 Å². The van der Waals surface area contributed by atoms with Crippen LogP contribution in [0, 0.1) is 0 Å². The minimum atomic E-state index is 0. The molecule has 1 atom stereocenters.